The maximum Gasteiger partial charge on any atom is 0.321 e. The largest absolute Gasteiger partial charge is 0.445 e. The molecule has 0 bridgehead atoms. The number of ketones is 2. The van der Waals surface area contributed by atoms with Crippen LogP contribution in [0.2, 0.25) is 0 Å². The van der Waals surface area contributed by atoms with Gasteiger partial charge in [0.15, 0.2) is 11.6 Å². The fourth-order valence-electron chi connectivity index (χ4n) is 2.64. The second-order valence-electron chi connectivity index (χ2n) is 5.83. The smallest absolute Gasteiger partial charge is 0.321 e. The third-order valence-corrected chi connectivity index (χ3v) is 3.97. The molecule has 1 aliphatic carbocycles. The van der Waals surface area contributed by atoms with Crippen LogP contribution in [0.1, 0.15) is 12.8 Å². The third kappa shape index (κ3) is 6.34. The Balaban J connectivity index is 1.78. The highest BCUT2D eigenvalue weighted by Gasteiger charge is 2.36. The van der Waals surface area contributed by atoms with Crippen LogP contribution in [-0.4, -0.2) is 87.4 Å². The van der Waals surface area contributed by atoms with Crippen molar-refractivity contribution in [3.05, 3.63) is 0 Å². The molecule has 0 atom stereocenters. The molecule has 8 heteroatoms. The van der Waals surface area contributed by atoms with Gasteiger partial charge >= 0.3 is 5.97 Å². The average molecular weight is 326 g/mol. The summed E-state index contributed by atoms with van der Waals surface area (Å²) in [5, 5.41) is 9.94. The fourth-order valence-corrected chi connectivity index (χ4v) is 2.64. The van der Waals surface area contributed by atoms with Gasteiger partial charge in [0, 0.05) is 65.2 Å². The number of nitrogens with one attached hydrogen (secondary N) is 3. The number of hydrogen-bond acceptors (Lipinski definition) is 8. The van der Waals surface area contributed by atoms with Crippen molar-refractivity contribution >= 4 is 17.5 Å². The summed E-state index contributed by atoms with van der Waals surface area (Å²) in [7, 11) is 0. The zero-order valence-corrected chi connectivity index (χ0v) is 13.4. The summed E-state index contributed by atoms with van der Waals surface area (Å²) in [6.45, 7) is 6.65. The molecule has 8 nitrogen and oxygen atoms in total. The molecule has 0 aromatic carbocycles. The lowest BCUT2D eigenvalue weighted by Crippen LogP contribution is -2.44. The Labute approximate surface area is 136 Å². The summed E-state index contributed by atoms with van der Waals surface area (Å²) < 4.78 is 5.08. The van der Waals surface area contributed by atoms with Gasteiger partial charge in [0.05, 0.1) is 6.54 Å². The number of esters is 1. The predicted octanol–water partition coefficient (Wildman–Crippen LogP) is -2.09. The van der Waals surface area contributed by atoms with E-state index in [1.54, 1.807) is 0 Å². The zero-order chi connectivity index (χ0) is 16.5. The van der Waals surface area contributed by atoms with Crippen molar-refractivity contribution in [2.24, 2.45) is 0 Å². The maximum absolute atomic E-state index is 12.0. The fraction of sp³-hybridized carbons (Fsp3) is 0.800. The SMILES string of the molecule is O=C(CN1CCNCCNCCNCC1)OC1C(=O)CCC1=O. The minimum atomic E-state index is -1.17. The summed E-state index contributed by atoms with van der Waals surface area (Å²) >= 11 is 0. The second kappa shape index (κ2) is 9.71. The first kappa shape index (κ1) is 18.0. The highest BCUT2D eigenvalue weighted by molar-refractivity contribution is 6.12. The van der Waals surface area contributed by atoms with Gasteiger partial charge in [0.2, 0.25) is 6.10 Å². The quantitative estimate of drug-likeness (QED) is 0.401. The summed E-state index contributed by atoms with van der Waals surface area (Å²) in [4.78, 5) is 37.0. The number of nitrogens with zero attached hydrogens (tertiary/aromatic N) is 1. The highest BCUT2D eigenvalue weighted by atomic mass is 16.6. The van der Waals surface area contributed by atoms with Gasteiger partial charge in [-0.1, -0.05) is 0 Å². The molecule has 0 spiro atoms. The van der Waals surface area contributed by atoms with Gasteiger partial charge in [-0.3, -0.25) is 19.3 Å². The molecule has 2 aliphatic rings. The van der Waals surface area contributed by atoms with Crippen LogP contribution in [0.5, 0.6) is 0 Å². The Bertz CT molecular complexity index is 402. The first-order valence-electron chi connectivity index (χ1n) is 8.26. The first-order chi connectivity index (χ1) is 11.2. The number of hydrogen-bond donors (Lipinski definition) is 3. The monoisotopic (exact) mass is 326 g/mol. The van der Waals surface area contributed by atoms with Crippen molar-refractivity contribution in [3.63, 3.8) is 0 Å². The molecule has 0 aromatic heterocycles. The Morgan fingerprint density at radius 2 is 1.39 bits per heavy atom. The van der Waals surface area contributed by atoms with E-state index in [9.17, 15) is 14.4 Å². The Kier molecular flexibility index (Phi) is 7.60. The number of rotatable bonds is 3. The van der Waals surface area contributed by atoms with E-state index >= 15 is 0 Å². The van der Waals surface area contributed by atoms with Gasteiger partial charge in [0.1, 0.15) is 0 Å². The van der Waals surface area contributed by atoms with Crippen molar-refractivity contribution in [2.75, 3.05) is 58.9 Å². The summed E-state index contributed by atoms with van der Waals surface area (Å²) in [6, 6.07) is 0. The van der Waals surface area contributed by atoms with E-state index in [-0.39, 0.29) is 31.0 Å². The van der Waals surface area contributed by atoms with Crippen LogP contribution >= 0.6 is 0 Å². The van der Waals surface area contributed by atoms with Crippen LogP contribution in [0.25, 0.3) is 0 Å². The second-order valence-corrected chi connectivity index (χ2v) is 5.83. The lowest BCUT2D eigenvalue weighted by molar-refractivity contribution is -0.158. The molecular weight excluding hydrogens is 300 g/mol. The van der Waals surface area contributed by atoms with Crippen molar-refractivity contribution in [2.45, 2.75) is 18.9 Å². The van der Waals surface area contributed by atoms with Gasteiger partial charge in [0.25, 0.3) is 0 Å². The van der Waals surface area contributed by atoms with E-state index in [1.165, 1.54) is 0 Å². The molecule has 130 valence electrons. The molecule has 23 heavy (non-hydrogen) atoms. The van der Waals surface area contributed by atoms with E-state index in [2.05, 4.69) is 16.0 Å². The molecule has 1 saturated carbocycles. The van der Waals surface area contributed by atoms with Gasteiger partial charge in [-0.05, 0) is 0 Å². The normalized spacial score (nSPS) is 23.3. The molecule has 2 fully saturated rings. The molecular formula is C15H26N4O4. The van der Waals surface area contributed by atoms with Crippen LogP contribution in [0, 0.1) is 0 Å². The molecule has 0 unspecified atom stereocenters. The van der Waals surface area contributed by atoms with Crippen LogP contribution < -0.4 is 16.0 Å². The van der Waals surface area contributed by atoms with Crippen LogP contribution in [0.3, 0.4) is 0 Å². The lowest BCUT2D eigenvalue weighted by atomic mass is 10.3. The van der Waals surface area contributed by atoms with Crippen LogP contribution in [0.15, 0.2) is 0 Å². The highest BCUT2D eigenvalue weighted by Crippen LogP contribution is 2.14. The standard InChI is InChI=1S/C15H26N4O4/c20-12-1-2-13(21)15(12)23-14(22)11-19-9-7-17-5-3-16-4-6-18-8-10-19/h15-18H,1-11H2. The molecule has 2 rings (SSSR count). The van der Waals surface area contributed by atoms with E-state index in [0.717, 1.165) is 39.3 Å². The van der Waals surface area contributed by atoms with Crippen molar-refractivity contribution < 1.29 is 19.1 Å². The van der Waals surface area contributed by atoms with Crippen LogP contribution in [-0.2, 0) is 19.1 Å². The summed E-state index contributed by atoms with van der Waals surface area (Å²) in [6.07, 6.45) is -0.803. The zero-order valence-electron chi connectivity index (χ0n) is 13.4. The molecule has 1 heterocycles. The van der Waals surface area contributed by atoms with E-state index in [1.807, 2.05) is 4.90 Å². The molecule has 1 saturated heterocycles. The minimum Gasteiger partial charge on any atom is -0.445 e. The van der Waals surface area contributed by atoms with Crippen molar-refractivity contribution in [3.8, 4) is 0 Å². The van der Waals surface area contributed by atoms with E-state index < -0.39 is 12.1 Å². The summed E-state index contributed by atoms with van der Waals surface area (Å²) in [5.74, 6) is -1.08. The molecule has 1 aliphatic heterocycles. The predicted molar refractivity (Wildman–Crippen MR) is 84.2 cm³/mol. The molecule has 0 aromatic rings. The molecule has 0 amide bonds. The lowest BCUT2D eigenvalue weighted by Gasteiger charge is -2.23. The van der Waals surface area contributed by atoms with Gasteiger partial charge < -0.3 is 20.7 Å². The topological polar surface area (TPSA) is 99.8 Å². The Hall–Kier alpha value is -1.35. The van der Waals surface area contributed by atoms with Gasteiger partial charge in [-0.25, -0.2) is 0 Å². The van der Waals surface area contributed by atoms with E-state index in [0.29, 0.717) is 13.1 Å². The van der Waals surface area contributed by atoms with Crippen molar-refractivity contribution in [1.82, 2.24) is 20.9 Å². The average Bonchev–Trinajstić information content (AvgIpc) is 2.82. The maximum atomic E-state index is 12.0. The van der Waals surface area contributed by atoms with Gasteiger partial charge in [-0.2, -0.15) is 0 Å². The molecule has 3 N–H and O–H groups in total. The number of carbonyl (C=O) groups is 3. The molecule has 0 radical (unpaired) electrons. The summed E-state index contributed by atoms with van der Waals surface area (Å²) in [5.41, 5.74) is 0. The van der Waals surface area contributed by atoms with Crippen molar-refractivity contribution in [1.29, 1.82) is 0 Å². The van der Waals surface area contributed by atoms with E-state index in [4.69, 9.17) is 4.74 Å². The number of ether oxygens (including phenoxy) is 1. The van der Waals surface area contributed by atoms with Gasteiger partial charge in [-0.15, -0.1) is 0 Å². The number of Topliss-reactive ketones (excluding diaryl/α,β-unsaturated/α-hetero) is 2. The third-order valence-electron chi connectivity index (χ3n) is 3.97. The van der Waals surface area contributed by atoms with Crippen LogP contribution in [0.4, 0.5) is 0 Å². The minimum absolute atomic E-state index is 0.0959. The Morgan fingerprint density at radius 3 is 1.91 bits per heavy atom. The number of carbonyl (C=O) groups excluding carboxylic acids is 3. The first-order valence-corrected chi connectivity index (χ1v) is 8.26. The Morgan fingerprint density at radius 1 is 0.913 bits per heavy atom.